The second-order valence-corrected chi connectivity index (χ2v) is 8.02. The summed E-state index contributed by atoms with van der Waals surface area (Å²) in [5.41, 5.74) is 6.54. The van der Waals surface area contributed by atoms with Crippen molar-refractivity contribution < 1.29 is 13.2 Å². The van der Waals surface area contributed by atoms with E-state index in [4.69, 9.17) is 5.73 Å². The molecule has 0 saturated carbocycles. The maximum absolute atomic E-state index is 12.1. The van der Waals surface area contributed by atoms with E-state index in [1.807, 2.05) is 13.8 Å². The highest BCUT2D eigenvalue weighted by Gasteiger charge is 2.31. The summed E-state index contributed by atoms with van der Waals surface area (Å²) >= 11 is 0. The molecule has 1 aliphatic heterocycles. The fourth-order valence-corrected chi connectivity index (χ4v) is 4.25. The van der Waals surface area contributed by atoms with Gasteiger partial charge in [-0.15, -0.1) is 0 Å². The number of fused-ring (bicyclic) bond motifs is 1. The lowest BCUT2D eigenvalue weighted by molar-refractivity contribution is -0.123. The summed E-state index contributed by atoms with van der Waals surface area (Å²) < 4.78 is 24.1. The molecular weight excluding hydrogens is 288 g/mol. The summed E-state index contributed by atoms with van der Waals surface area (Å²) in [6.07, 6.45) is 0.998. The Morgan fingerprint density at radius 2 is 2.05 bits per heavy atom. The standard InChI is InChI=1S/C15H22N2O3S/c1-10(2)9-12(16)15(18)17-13-7-8-21(19,20)14-6-4-3-5-11(13)14/h3-6,10,12-13H,7-9,16H2,1-2H3,(H,17,18)/t12-,13?/m0/s1. The number of benzene rings is 1. The van der Waals surface area contributed by atoms with Gasteiger partial charge >= 0.3 is 0 Å². The quantitative estimate of drug-likeness (QED) is 0.879. The molecule has 0 spiro atoms. The fraction of sp³-hybridized carbons (Fsp3) is 0.533. The Morgan fingerprint density at radius 3 is 2.71 bits per heavy atom. The molecule has 116 valence electrons. The molecule has 0 aromatic heterocycles. The van der Waals surface area contributed by atoms with Gasteiger partial charge in [0.2, 0.25) is 5.91 Å². The van der Waals surface area contributed by atoms with E-state index >= 15 is 0 Å². The Balaban J connectivity index is 2.18. The van der Waals surface area contributed by atoms with E-state index in [0.29, 0.717) is 29.2 Å². The Labute approximate surface area is 125 Å². The molecule has 3 N–H and O–H groups in total. The highest BCUT2D eigenvalue weighted by molar-refractivity contribution is 7.91. The minimum Gasteiger partial charge on any atom is -0.348 e. The third kappa shape index (κ3) is 3.63. The first-order valence-electron chi connectivity index (χ1n) is 7.19. The smallest absolute Gasteiger partial charge is 0.237 e. The maximum Gasteiger partial charge on any atom is 0.237 e. The lowest BCUT2D eigenvalue weighted by atomic mass is 10.0. The minimum atomic E-state index is -3.23. The van der Waals surface area contributed by atoms with E-state index in [-0.39, 0.29) is 17.7 Å². The van der Waals surface area contributed by atoms with Crippen molar-refractivity contribution in [1.29, 1.82) is 0 Å². The lowest BCUT2D eigenvalue weighted by Crippen LogP contribution is -2.44. The number of nitrogens with two attached hydrogens (primary N) is 1. The second kappa shape index (κ2) is 6.15. The summed E-state index contributed by atoms with van der Waals surface area (Å²) in [6, 6.07) is 5.99. The van der Waals surface area contributed by atoms with Crippen molar-refractivity contribution in [1.82, 2.24) is 5.32 Å². The van der Waals surface area contributed by atoms with Crippen molar-refractivity contribution in [3.8, 4) is 0 Å². The molecule has 5 nitrogen and oxygen atoms in total. The van der Waals surface area contributed by atoms with Crippen molar-refractivity contribution in [3.63, 3.8) is 0 Å². The number of hydrogen-bond donors (Lipinski definition) is 2. The zero-order chi connectivity index (χ0) is 15.6. The zero-order valence-corrected chi connectivity index (χ0v) is 13.2. The third-order valence-electron chi connectivity index (χ3n) is 3.68. The van der Waals surface area contributed by atoms with Crippen molar-refractivity contribution in [2.24, 2.45) is 11.7 Å². The van der Waals surface area contributed by atoms with Crippen molar-refractivity contribution in [2.75, 3.05) is 5.75 Å². The van der Waals surface area contributed by atoms with Gasteiger partial charge in [0.1, 0.15) is 0 Å². The van der Waals surface area contributed by atoms with Crippen LogP contribution in [0, 0.1) is 5.92 Å². The van der Waals surface area contributed by atoms with Crippen molar-refractivity contribution in [2.45, 2.75) is 43.7 Å². The van der Waals surface area contributed by atoms with Gasteiger partial charge in [0.25, 0.3) is 0 Å². The van der Waals surface area contributed by atoms with Gasteiger partial charge in [0.15, 0.2) is 9.84 Å². The predicted molar refractivity (Wildman–Crippen MR) is 81.4 cm³/mol. The highest BCUT2D eigenvalue weighted by Crippen LogP contribution is 2.31. The van der Waals surface area contributed by atoms with E-state index in [2.05, 4.69) is 5.32 Å². The molecule has 21 heavy (non-hydrogen) atoms. The number of sulfone groups is 1. The van der Waals surface area contributed by atoms with Crippen LogP contribution in [0.1, 0.15) is 38.3 Å². The molecule has 1 heterocycles. The van der Waals surface area contributed by atoms with Crippen LogP contribution < -0.4 is 11.1 Å². The van der Waals surface area contributed by atoms with Gasteiger partial charge in [-0.1, -0.05) is 32.0 Å². The molecule has 0 aliphatic carbocycles. The number of carbonyl (C=O) groups is 1. The topological polar surface area (TPSA) is 89.3 Å². The van der Waals surface area contributed by atoms with E-state index in [0.717, 1.165) is 0 Å². The summed E-state index contributed by atoms with van der Waals surface area (Å²) in [5, 5.41) is 2.89. The Kier molecular flexibility index (Phi) is 4.68. The summed E-state index contributed by atoms with van der Waals surface area (Å²) in [6.45, 7) is 4.02. The van der Waals surface area contributed by atoms with Crippen LogP contribution in [0.25, 0.3) is 0 Å². The molecule has 1 amide bonds. The van der Waals surface area contributed by atoms with E-state index < -0.39 is 15.9 Å². The van der Waals surface area contributed by atoms with Crippen LogP contribution >= 0.6 is 0 Å². The highest BCUT2D eigenvalue weighted by atomic mass is 32.2. The molecule has 1 aromatic carbocycles. The van der Waals surface area contributed by atoms with Gasteiger partial charge in [-0.05, 0) is 30.4 Å². The van der Waals surface area contributed by atoms with Crippen LogP contribution in [0.15, 0.2) is 29.2 Å². The maximum atomic E-state index is 12.1. The second-order valence-electron chi connectivity index (χ2n) is 5.94. The van der Waals surface area contributed by atoms with E-state index in [9.17, 15) is 13.2 Å². The van der Waals surface area contributed by atoms with Gasteiger partial charge in [-0.3, -0.25) is 4.79 Å². The molecule has 1 aliphatic rings. The van der Waals surface area contributed by atoms with Gasteiger partial charge in [-0.25, -0.2) is 8.42 Å². The SMILES string of the molecule is CC(C)C[C@H](N)C(=O)NC1CCS(=O)(=O)c2ccccc21. The average molecular weight is 310 g/mol. The molecule has 1 unspecified atom stereocenters. The number of nitrogens with one attached hydrogen (secondary N) is 1. The van der Waals surface area contributed by atoms with Gasteiger partial charge in [-0.2, -0.15) is 0 Å². The lowest BCUT2D eigenvalue weighted by Gasteiger charge is -2.27. The van der Waals surface area contributed by atoms with Crippen LogP contribution in [0.2, 0.25) is 0 Å². The summed E-state index contributed by atoms with van der Waals surface area (Å²) in [4.78, 5) is 12.5. The molecule has 1 aromatic rings. The Bertz CT molecular complexity index is 626. The molecule has 2 rings (SSSR count). The van der Waals surface area contributed by atoms with Crippen LogP contribution in [0.5, 0.6) is 0 Å². The zero-order valence-electron chi connectivity index (χ0n) is 12.4. The third-order valence-corrected chi connectivity index (χ3v) is 5.50. The predicted octanol–water partition coefficient (Wildman–Crippen LogP) is 1.39. The molecule has 6 heteroatoms. The summed E-state index contributed by atoms with van der Waals surface area (Å²) in [5.74, 6) is 0.168. The first kappa shape index (κ1) is 16.0. The van der Waals surface area contributed by atoms with E-state index in [1.54, 1.807) is 24.3 Å². The van der Waals surface area contributed by atoms with Crippen molar-refractivity contribution in [3.05, 3.63) is 29.8 Å². The number of amides is 1. The normalized spacial score (nSPS) is 21.6. The number of hydrogen-bond acceptors (Lipinski definition) is 4. The summed E-state index contributed by atoms with van der Waals surface area (Å²) in [7, 11) is -3.23. The van der Waals surface area contributed by atoms with Gasteiger partial charge < -0.3 is 11.1 Å². The van der Waals surface area contributed by atoms with Gasteiger partial charge in [0.05, 0.1) is 22.7 Å². The van der Waals surface area contributed by atoms with Crippen molar-refractivity contribution >= 4 is 15.7 Å². The van der Waals surface area contributed by atoms with E-state index in [1.165, 1.54) is 0 Å². The fourth-order valence-electron chi connectivity index (χ4n) is 2.63. The number of rotatable bonds is 4. The van der Waals surface area contributed by atoms with Crippen LogP contribution in [0.3, 0.4) is 0 Å². The van der Waals surface area contributed by atoms with Crippen LogP contribution in [-0.2, 0) is 14.6 Å². The molecule has 0 radical (unpaired) electrons. The Hall–Kier alpha value is -1.40. The molecule has 0 saturated heterocycles. The molecule has 2 atom stereocenters. The molecule has 0 fully saturated rings. The van der Waals surface area contributed by atoms with Crippen LogP contribution in [-0.4, -0.2) is 26.1 Å². The molecule has 0 bridgehead atoms. The first-order chi connectivity index (χ1) is 9.81. The number of carbonyl (C=O) groups excluding carboxylic acids is 1. The largest absolute Gasteiger partial charge is 0.348 e. The average Bonchev–Trinajstić information content (AvgIpc) is 2.41. The van der Waals surface area contributed by atoms with Gasteiger partial charge in [0, 0.05) is 0 Å². The first-order valence-corrected chi connectivity index (χ1v) is 8.84. The minimum absolute atomic E-state index is 0.0500. The van der Waals surface area contributed by atoms with Crippen LogP contribution in [0.4, 0.5) is 0 Å². The monoisotopic (exact) mass is 310 g/mol. The Morgan fingerprint density at radius 1 is 1.38 bits per heavy atom. The molecular formula is C15H22N2O3S.